The number of amides is 1. The van der Waals surface area contributed by atoms with Gasteiger partial charge in [0.15, 0.2) is 0 Å². The second kappa shape index (κ2) is 6.83. The summed E-state index contributed by atoms with van der Waals surface area (Å²) in [7, 11) is 0. The van der Waals surface area contributed by atoms with Gasteiger partial charge in [0.05, 0.1) is 12.6 Å². The lowest BCUT2D eigenvalue weighted by Gasteiger charge is -2.11. The third-order valence-corrected chi connectivity index (χ3v) is 4.02. The molecule has 0 fully saturated rings. The molecule has 0 saturated carbocycles. The van der Waals surface area contributed by atoms with Gasteiger partial charge in [-0.3, -0.25) is 10.1 Å². The number of benzene rings is 1. The predicted molar refractivity (Wildman–Crippen MR) is 83.4 cm³/mol. The van der Waals surface area contributed by atoms with Crippen molar-refractivity contribution in [1.82, 2.24) is 10.3 Å². The third-order valence-electron chi connectivity index (χ3n) is 2.69. The zero-order chi connectivity index (χ0) is 14.5. The Hall–Kier alpha value is -1.43. The van der Waals surface area contributed by atoms with Gasteiger partial charge >= 0.3 is 0 Å². The smallest absolute Gasteiger partial charge is 0.238 e. The molecule has 0 saturated heterocycles. The summed E-state index contributed by atoms with van der Waals surface area (Å²) in [6.45, 7) is 4.23. The quantitative estimate of drug-likeness (QED) is 0.890. The maximum absolute atomic E-state index is 11.8. The Balaban J connectivity index is 1.83. The van der Waals surface area contributed by atoms with Gasteiger partial charge in [0, 0.05) is 21.8 Å². The Bertz CT molecular complexity index is 600. The summed E-state index contributed by atoms with van der Waals surface area (Å²) in [6, 6.07) is 7.14. The summed E-state index contributed by atoms with van der Waals surface area (Å²) in [5.41, 5.74) is 0.696. The Morgan fingerprint density at radius 3 is 2.95 bits per heavy atom. The van der Waals surface area contributed by atoms with E-state index < -0.39 is 0 Å². The first kappa shape index (κ1) is 15.0. The van der Waals surface area contributed by atoms with Crippen LogP contribution in [0.2, 0.25) is 5.02 Å². The normalized spacial score (nSPS) is 12.2. The predicted octanol–water partition coefficient (Wildman–Crippen LogP) is 3.39. The van der Waals surface area contributed by atoms with Crippen molar-refractivity contribution in [2.45, 2.75) is 19.9 Å². The first-order chi connectivity index (χ1) is 9.54. The number of aromatic nitrogens is 1. The molecule has 2 rings (SSSR count). The van der Waals surface area contributed by atoms with E-state index >= 15 is 0 Å². The van der Waals surface area contributed by atoms with Crippen molar-refractivity contribution in [2.75, 3.05) is 11.9 Å². The van der Waals surface area contributed by atoms with Crippen LogP contribution < -0.4 is 10.6 Å². The molecule has 0 aliphatic rings. The molecule has 1 atom stereocenters. The zero-order valence-electron chi connectivity index (χ0n) is 11.3. The molecule has 0 spiro atoms. The highest BCUT2D eigenvalue weighted by atomic mass is 35.5. The van der Waals surface area contributed by atoms with Crippen LogP contribution in [-0.2, 0) is 4.79 Å². The van der Waals surface area contributed by atoms with Gasteiger partial charge < -0.3 is 5.32 Å². The number of carbonyl (C=O) groups excluding carboxylic acids is 1. The average molecular weight is 310 g/mol. The number of hydrogen-bond acceptors (Lipinski definition) is 4. The van der Waals surface area contributed by atoms with E-state index in [0.717, 1.165) is 9.88 Å². The van der Waals surface area contributed by atoms with E-state index in [9.17, 15) is 4.79 Å². The lowest BCUT2D eigenvalue weighted by atomic mass is 10.3. The second-order valence-corrected chi connectivity index (χ2v) is 6.17. The van der Waals surface area contributed by atoms with Gasteiger partial charge in [0.25, 0.3) is 0 Å². The number of hydrogen-bond donors (Lipinski definition) is 2. The van der Waals surface area contributed by atoms with E-state index in [2.05, 4.69) is 15.6 Å². The molecule has 0 bridgehead atoms. The van der Waals surface area contributed by atoms with Crippen LogP contribution in [0, 0.1) is 6.92 Å². The minimum Gasteiger partial charge on any atom is -0.325 e. The Labute approximate surface area is 127 Å². The van der Waals surface area contributed by atoms with Crippen LogP contribution in [0.25, 0.3) is 0 Å². The van der Waals surface area contributed by atoms with Crippen LogP contribution in [0.4, 0.5) is 5.69 Å². The van der Waals surface area contributed by atoms with E-state index in [1.54, 1.807) is 35.6 Å². The molecule has 1 amide bonds. The van der Waals surface area contributed by atoms with Gasteiger partial charge in [-0.05, 0) is 32.0 Å². The highest BCUT2D eigenvalue weighted by molar-refractivity contribution is 7.11. The largest absolute Gasteiger partial charge is 0.325 e. The zero-order valence-corrected chi connectivity index (χ0v) is 12.9. The molecule has 1 heterocycles. The van der Waals surface area contributed by atoms with Crippen molar-refractivity contribution in [1.29, 1.82) is 0 Å². The molecule has 2 N–H and O–H groups in total. The Morgan fingerprint density at radius 1 is 1.50 bits per heavy atom. The molecule has 1 aromatic heterocycles. The molecule has 0 radical (unpaired) electrons. The summed E-state index contributed by atoms with van der Waals surface area (Å²) >= 11 is 7.50. The fraction of sp³-hybridized carbons (Fsp3) is 0.286. The Kier molecular flexibility index (Phi) is 5.11. The lowest BCUT2D eigenvalue weighted by molar-refractivity contribution is -0.115. The number of carbonyl (C=O) groups is 1. The standard InChI is InChI=1S/C14H16ClN3OS/c1-9-7-17-14(20-9)10(2)16-8-13(19)18-12-5-3-4-11(15)6-12/h3-7,10,16H,8H2,1-2H3,(H,18,19). The number of halogens is 1. The monoisotopic (exact) mass is 309 g/mol. The minimum absolute atomic E-state index is 0.0545. The van der Waals surface area contributed by atoms with E-state index in [0.29, 0.717) is 10.7 Å². The highest BCUT2D eigenvalue weighted by Crippen LogP contribution is 2.18. The van der Waals surface area contributed by atoms with Gasteiger partial charge in [-0.15, -0.1) is 11.3 Å². The number of rotatable bonds is 5. The van der Waals surface area contributed by atoms with Crippen LogP contribution in [0.1, 0.15) is 22.9 Å². The molecule has 2 aromatic rings. The topological polar surface area (TPSA) is 54.0 Å². The Morgan fingerprint density at radius 2 is 2.30 bits per heavy atom. The summed E-state index contributed by atoms with van der Waals surface area (Å²) in [6.07, 6.45) is 1.84. The van der Waals surface area contributed by atoms with Crippen molar-refractivity contribution < 1.29 is 4.79 Å². The molecular formula is C14H16ClN3OS. The highest BCUT2D eigenvalue weighted by Gasteiger charge is 2.11. The van der Waals surface area contributed by atoms with E-state index in [-0.39, 0.29) is 18.5 Å². The fourth-order valence-corrected chi connectivity index (χ4v) is 2.67. The molecule has 20 heavy (non-hydrogen) atoms. The molecule has 0 aliphatic carbocycles. The van der Waals surface area contributed by atoms with Crippen molar-refractivity contribution in [3.63, 3.8) is 0 Å². The van der Waals surface area contributed by atoms with Crippen LogP contribution >= 0.6 is 22.9 Å². The first-order valence-corrected chi connectivity index (χ1v) is 7.45. The maximum Gasteiger partial charge on any atom is 0.238 e. The minimum atomic E-state index is -0.104. The van der Waals surface area contributed by atoms with Crippen LogP contribution in [0.3, 0.4) is 0 Å². The summed E-state index contributed by atoms with van der Waals surface area (Å²) in [5.74, 6) is -0.104. The van der Waals surface area contributed by atoms with Crippen molar-refractivity contribution in [3.8, 4) is 0 Å². The second-order valence-electron chi connectivity index (χ2n) is 4.47. The summed E-state index contributed by atoms with van der Waals surface area (Å²) in [5, 5.41) is 7.53. The fourth-order valence-electron chi connectivity index (χ4n) is 1.68. The van der Waals surface area contributed by atoms with Crippen molar-refractivity contribution >= 4 is 34.5 Å². The first-order valence-electron chi connectivity index (χ1n) is 6.26. The number of nitrogens with zero attached hydrogens (tertiary/aromatic N) is 1. The third kappa shape index (κ3) is 4.30. The number of aryl methyl sites for hydroxylation is 1. The molecule has 0 aliphatic heterocycles. The van der Waals surface area contributed by atoms with Gasteiger partial charge in [-0.25, -0.2) is 4.98 Å². The van der Waals surface area contributed by atoms with Crippen LogP contribution in [0.15, 0.2) is 30.5 Å². The summed E-state index contributed by atoms with van der Waals surface area (Å²) < 4.78 is 0. The lowest BCUT2D eigenvalue weighted by Crippen LogP contribution is -2.30. The molecule has 1 unspecified atom stereocenters. The molecule has 4 nitrogen and oxygen atoms in total. The number of anilines is 1. The van der Waals surface area contributed by atoms with Gasteiger partial charge in [0.1, 0.15) is 5.01 Å². The van der Waals surface area contributed by atoms with Crippen molar-refractivity contribution in [3.05, 3.63) is 45.4 Å². The average Bonchev–Trinajstić information content (AvgIpc) is 2.83. The number of thiazole rings is 1. The van der Waals surface area contributed by atoms with Gasteiger partial charge in [0.2, 0.25) is 5.91 Å². The molecule has 6 heteroatoms. The maximum atomic E-state index is 11.8. The van der Waals surface area contributed by atoms with Gasteiger partial charge in [-0.2, -0.15) is 0 Å². The van der Waals surface area contributed by atoms with Gasteiger partial charge in [-0.1, -0.05) is 17.7 Å². The van der Waals surface area contributed by atoms with Crippen molar-refractivity contribution in [2.24, 2.45) is 0 Å². The van der Waals surface area contributed by atoms with Crippen LogP contribution in [-0.4, -0.2) is 17.4 Å². The van der Waals surface area contributed by atoms with E-state index in [1.807, 2.05) is 20.0 Å². The SMILES string of the molecule is Cc1cnc(C(C)NCC(=O)Nc2cccc(Cl)c2)s1. The van der Waals surface area contributed by atoms with E-state index in [1.165, 1.54) is 0 Å². The molecule has 1 aromatic carbocycles. The number of nitrogens with one attached hydrogen (secondary N) is 2. The molecule has 106 valence electrons. The van der Waals surface area contributed by atoms with E-state index in [4.69, 9.17) is 11.6 Å². The summed E-state index contributed by atoms with van der Waals surface area (Å²) in [4.78, 5) is 17.3. The van der Waals surface area contributed by atoms with Crippen LogP contribution in [0.5, 0.6) is 0 Å². The molecular weight excluding hydrogens is 294 g/mol.